The van der Waals surface area contributed by atoms with E-state index in [2.05, 4.69) is 36.9 Å². The molecule has 0 aliphatic heterocycles. The fourth-order valence-electron chi connectivity index (χ4n) is 4.31. The van der Waals surface area contributed by atoms with E-state index >= 15 is 0 Å². The molecule has 0 radical (unpaired) electrons. The fraction of sp³-hybridized carbons (Fsp3) is 0.364. The topological polar surface area (TPSA) is 105 Å². The number of benzene rings is 2. The summed E-state index contributed by atoms with van der Waals surface area (Å²) in [4.78, 5) is 11.8. The van der Waals surface area contributed by atoms with Gasteiger partial charge in [0.1, 0.15) is 6.04 Å². The lowest BCUT2D eigenvalue weighted by Crippen LogP contribution is -2.33. The summed E-state index contributed by atoms with van der Waals surface area (Å²) in [6.45, 7) is 3.83. The van der Waals surface area contributed by atoms with Crippen LogP contribution < -0.4 is 10.5 Å². The molecule has 1 aromatic heterocycles. The number of H-pyrrole nitrogens is 1. The first-order valence-electron chi connectivity index (χ1n) is 10.3. The number of halogens is 1. The third kappa shape index (κ3) is 4.40. The first kappa shape index (κ1) is 22.0. The minimum atomic E-state index is -3.91. The minimum Gasteiger partial charge on any atom is -0.391 e. The Hall–Kier alpha value is -2.23. The maximum atomic E-state index is 13.4. The molecular formula is C22H24BrN3O4S. The number of aryl methyl sites for hydroxylation is 2. The number of nitrogens with zero attached hydrogens (tertiary/aromatic N) is 1. The van der Waals surface area contributed by atoms with Crippen molar-refractivity contribution < 1.29 is 12.8 Å². The second kappa shape index (κ2) is 8.72. The standard InChI is InChI=1S/C22H24BrN3O4S/c1-3-14-12-16(23)10-11-19(14)31(28,29)26-20(21-24-25-22(27)30-21)13(2)17-8-4-6-15-7-5-9-18(15)17/h4,6,8,10-13,20,26H,3,5,7,9H2,1-2H3,(H,25,27)/t13-,20+/m1/s1. The largest absolute Gasteiger partial charge is 0.434 e. The van der Waals surface area contributed by atoms with E-state index < -0.39 is 21.8 Å². The molecule has 0 spiro atoms. The van der Waals surface area contributed by atoms with E-state index in [0.29, 0.717) is 12.0 Å². The Balaban J connectivity index is 1.77. The van der Waals surface area contributed by atoms with Gasteiger partial charge in [-0.05, 0) is 66.1 Å². The molecule has 1 aliphatic carbocycles. The zero-order chi connectivity index (χ0) is 22.2. The summed E-state index contributed by atoms with van der Waals surface area (Å²) in [5.74, 6) is -0.996. The van der Waals surface area contributed by atoms with Gasteiger partial charge in [0.25, 0.3) is 0 Å². The summed E-state index contributed by atoms with van der Waals surface area (Å²) < 4.78 is 35.6. The van der Waals surface area contributed by atoms with Crippen LogP contribution in [-0.4, -0.2) is 18.6 Å². The average Bonchev–Trinajstić information content (AvgIpc) is 3.39. The van der Waals surface area contributed by atoms with Crippen molar-refractivity contribution in [1.29, 1.82) is 0 Å². The lowest BCUT2D eigenvalue weighted by atomic mass is 9.88. The van der Waals surface area contributed by atoms with E-state index in [1.807, 2.05) is 26.0 Å². The third-order valence-electron chi connectivity index (χ3n) is 5.87. The number of nitrogens with one attached hydrogen (secondary N) is 2. The highest BCUT2D eigenvalue weighted by Gasteiger charge is 2.33. The van der Waals surface area contributed by atoms with E-state index in [9.17, 15) is 13.2 Å². The Bertz CT molecular complexity index is 1270. The highest BCUT2D eigenvalue weighted by atomic mass is 79.9. The van der Waals surface area contributed by atoms with Crippen LogP contribution in [0.2, 0.25) is 0 Å². The predicted octanol–water partition coefficient (Wildman–Crippen LogP) is 4.00. The third-order valence-corrected chi connectivity index (χ3v) is 7.90. The van der Waals surface area contributed by atoms with E-state index in [1.54, 1.807) is 18.2 Å². The summed E-state index contributed by atoms with van der Waals surface area (Å²) in [6, 6.07) is 10.3. The monoisotopic (exact) mass is 505 g/mol. The van der Waals surface area contributed by atoms with Crippen molar-refractivity contribution in [3.05, 3.63) is 79.6 Å². The second-order valence-corrected chi connectivity index (χ2v) is 10.4. The highest BCUT2D eigenvalue weighted by molar-refractivity contribution is 9.10. The molecule has 0 bridgehead atoms. The Morgan fingerprint density at radius 1 is 1.26 bits per heavy atom. The van der Waals surface area contributed by atoms with Gasteiger partial charge in [0.05, 0.1) is 4.90 Å². The van der Waals surface area contributed by atoms with Gasteiger partial charge in [-0.15, -0.1) is 5.10 Å². The molecule has 0 fully saturated rings. The van der Waals surface area contributed by atoms with Crippen LogP contribution in [0.15, 0.2) is 55.0 Å². The highest BCUT2D eigenvalue weighted by Crippen LogP contribution is 2.37. The van der Waals surface area contributed by atoms with Gasteiger partial charge in [-0.3, -0.25) is 0 Å². The van der Waals surface area contributed by atoms with Gasteiger partial charge in [-0.1, -0.05) is 48.0 Å². The molecule has 1 aliphatic rings. The number of aromatic amines is 1. The Labute approximate surface area is 189 Å². The zero-order valence-corrected chi connectivity index (χ0v) is 19.7. The summed E-state index contributed by atoms with van der Waals surface area (Å²) >= 11 is 3.40. The molecule has 31 heavy (non-hydrogen) atoms. The molecule has 0 amide bonds. The first-order valence-corrected chi connectivity index (χ1v) is 12.5. The number of hydrogen-bond acceptors (Lipinski definition) is 5. The Kier molecular flexibility index (Phi) is 6.18. The molecule has 164 valence electrons. The number of sulfonamides is 1. The van der Waals surface area contributed by atoms with Gasteiger partial charge in [0.15, 0.2) is 0 Å². The van der Waals surface area contributed by atoms with Crippen LogP contribution in [-0.2, 0) is 29.3 Å². The van der Waals surface area contributed by atoms with Gasteiger partial charge in [0.2, 0.25) is 15.9 Å². The van der Waals surface area contributed by atoms with Crippen LogP contribution in [0.5, 0.6) is 0 Å². The molecule has 4 rings (SSSR count). The molecule has 3 aromatic rings. The van der Waals surface area contributed by atoms with E-state index in [1.165, 1.54) is 11.1 Å². The SMILES string of the molecule is CCc1cc(Br)ccc1S(=O)(=O)N[C@H](c1n[nH]c(=O)o1)[C@H](C)c1cccc2c1CCC2. The van der Waals surface area contributed by atoms with Crippen LogP contribution in [0, 0.1) is 0 Å². The number of aromatic nitrogens is 2. The second-order valence-electron chi connectivity index (χ2n) is 7.78. The van der Waals surface area contributed by atoms with Crippen molar-refractivity contribution in [2.45, 2.75) is 56.4 Å². The molecule has 9 heteroatoms. The van der Waals surface area contributed by atoms with Crippen LogP contribution in [0.3, 0.4) is 0 Å². The summed E-state index contributed by atoms with van der Waals surface area (Å²) in [5.41, 5.74) is 4.27. The maximum Gasteiger partial charge on any atom is 0.434 e. The van der Waals surface area contributed by atoms with Crippen LogP contribution in [0.1, 0.15) is 60.4 Å². The van der Waals surface area contributed by atoms with E-state index in [4.69, 9.17) is 4.42 Å². The number of hydrogen-bond donors (Lipinski definition) is 2. The zero-order valence-electron chi connectivity index (χ0n) is 17.3. The Morgan fingerprint density at radius 2 is 2.06 bits per heavy atom. The molecule has 0 unspecified atom stereocenters. The van der Waals surface area contributed by atoms with Crippen molar-refractivity contribution in [3.63, 3.8) is 0 Å². The summed E-state index contributed by atoms with van der Waals surface area (Å²) in [6.07, 6.45) is 3.60. The lowest BCUT2D eigenvalue weighted by Gasteiger charge is -2.25. The fourth-order valence-corrected chi connectivity index (χ4v) is 6.28. The molecule has 0 saturated carbocycles. The van der Waals surface area contributed by atoms with Crippen molar-refractivity contribution >= 4 is 26.0 Å². The van der Waals surface area contributed by atoms with Crippen LogP contribution in [0.25, 0.3) is 0 Å². The molecular weight excluding hydrogens is 482 g/mol. The normalized spacial score (nSPS) is 15.6. The van der Waals surface area contributed by atoms with Gasteiger partial charge in [-0.2, -0.15) is 4.72 Å². The quantitative estimate of drug-likeness (QED) is 0.504. The van der Waals surface area contributed by atoms with Crippen LogP contribution in [0.4, 0.5) is 0 Å². The average molecular weight is 506 g/mol. The van der Waals surface area contributed by atoms with Gasteiger partial charge >= 0.3 is 5.76 Å². The first-order chi connectivity index (χ1) is 14.8. The molecule has 1 heterocycles. The molecule has 0 saturated heterocycles. The van der Waals surface area contributed by atoms with Crippen molar-refractivity contribution in [2.75, 3.05) is 0 Å². The van der Waals surface area contributed by atoms with Crippen molar-refractivity contribution in [2.24, 2.45) is 0 Å². The van der Waals surface area contributed by atoms with E-state index in [0.717, 1.165) is 29.3 Å². The molecule has 2 atom stereocenters. The van der Waals surface area contributed by atoms with E-state index in [-0.39, 0.29) is 16.7 Å². The van der Waals surface area contributed by atoms with Crippen molar-refractivity contribution in [3.8, 4) is 0 Å². The lowest BCUT2D eigenvalue weighted by molar-refractivity contribution is 0.381. The smallest absolute Gasteiger partial charge is 0.391 e. The van der Waals surface area contributed by atoms with Gasteiger partial charge in [-0.25, -0.2) is 18.3 Å². The van der Waals surface area contributed by atoms with Crippen molar-refractivity contribution in [1.82, 2.24) is 14.9 Å². The summed E-state index contributed by atoms with van der Waals surface area (Å²) in [7, 11) is -3.91. The predicted molar refractivity (Wildman–Crippen MR) is 121 cm³/mol. The number of fused-ring (bicyclic) bond motifs is 1. The minimum absolute atomic E-state index is 0.0202. The van der Waals surface area contributed by atoms with Gasteiger partial charge < -0.3 is 4.42 Å². The molecule has 2 aromatic carbocycles. The Morgan fingerprint density at radius 3 is 2.77 bits per heavy atom. The van der Waals surface area contributed by atoms with Gasteiger partial charge in [0, 0.05) is 10.4 Å². The molecule has 2 N–H and O–H groups in total. The summed E-state index contributed by atoms with van der Waals surface area (Å²) in [5, 5.41) is 6.20. The maximum absolute atomic E-state index is 13.4. The molecule has 7 nitrogen and oxygen atoms in total. The number of rotatable bonds is 7. The van der Waals surface area contributed by atoms with Crippen LogP contribution >= 0.6 is 15.9 Å².